The van der Waals surface area contributed by atoms with Crippen LogP contribution in [0.3, 0.4) is 0 Å². The number of nitrogens with one attached hydrogen (secondary N) is 1. The minimum absolute atomic E-state index is 0.117. The Labute approximate surface area is 149 Å². The fourth-order valence-electron chi connectivity index (χ4n) is 2.40. The van der Waals surface area contributed by atoms with Gasteiger partial charge in [0.15, 0.2) is 0 Å². The van der Waals surface area contributed by atoms with Gasteiger partial charge in [-0.1, -0.05) is 24.3 Å². The largest absolute Gasteiger partial charge is 0.326 e. The molecule has 0 spiro atoms. The lowest BCUT2D eigenvalue weighted by Gasteiger charge is -2.17. The zero-order valence-electron chi connectivity index (χ0n) is 14.8. The molecule has 0 aromatic heterocycles. The van der Waals surface area contributed by atoms with Crippen LogP contribution in [0.15, 0.2) is 53.4 Å². The fraction of sp³-hybridized carbons (Fsp3) is 0.316. The summed E-state index contributed by atoms with van der Waals surface area (Å²) in [6, 6.07) is 14.1. The van der Waals surface area contributed by atoms with Gasteiger partial charge in [0.1, 0.15) is 0 Å². The summed E-state index contributed by atoms with van der Waals surface area (Å²) in [4.78, 5) is 12.3. The summed E-state index contributed by atoms with van der Waals surface area (Å²) >= 11 is 0. The maximum atomic E-state index is 12.4. The molecule has 0 heterocycles. The molecular weight excluding hydrogens is 336 g/mol. The van der Waals surface area contributed by atoms with Crippen LogP contribution >= 0.6 is 0 Å². The van der Waals surface area contributed by atoms with Gasteiger partial charge in [0, 0.05) is 25.7 Å². The molecule has 0 bridgehead atoms. The number of rotatable bonds is 7. The van der Waals surface area contributed by atoms with Gasteiger partial charge in [-0.25, -0.2) is 12.7 Å². The first-order chi connectivity index (χ1) is 11.8. The molecule has 2 aromatic rings. The van der Waals surface area contributed by atoms with Crippen LogP contribution in [0.2, 0.25) is 0 Å². The SMILES string of the molecule is Cc1ccc(NC(=O)CCCN(C)S(=O)(=O)c2ccccc2)cc1C. The van der Waals surface area contributed by atoms with E-state index in [-0.39, 0.29) is 23.8 Å². The van der Waals surface area contributed by atoms with E-state index < -0.39 is 10.0 Å². The Kier molecular flexibility index (Phi) is 6.33. The maximum Gasteiger partial charge on any atom is 0.242 e. The summed E-state index contributed by atoms with van der Waals surface area (Å²) < 4.78 is 26.1. The number of sulfonamides is 1. The summed E-state index contributed by atoms with van der Waals surface area (Å²) in [5, 5.41) is 2.85. The third-order valence-electron chi connectivity index (χ3n) is 4.12. The number of benzene rings is 2. The van der Waals surface area contributed by atoms with Crippen LogP contribution in [-0.2, 0) is 14.8 Å². The van der Waals surface area contributed by atoms with Crippen molar-refractivity contribution in [2.24, 2.45) is 0 Å². The minimum atomic E-state index is -3.50. The lowest BCUT2D eigenvalue weighted by molar-refractivity contribution is -0.116. The minimum Gasteiger partial charge on any atom is -0.326 e. The first-order valence-electron chi connectivity index (χ1n) is 8.19. The average Bonchev–Trinajstić information content (AvgIpc) is 2.59. The van der Waals surface area contributed by atoms with Crippen molar-refractivity contribution in [1.82, 2.24) is 4.31 Å². The van der Waals surface area contributed by atoms with Gasteiger partial charge in [-0.2, -0.15) is 0 Å². The van der Waals surface area contributed by atoms with Crippen LogP contribution in [0, 0.1) is 13.8 Å². The van der Waals surface area contributed by atoms with E-state index >= 15 is 0 Å². The van der Waals surface area contributed by atoms with Gasteiger partial charge in [-0.3, -0.25) is 4.79 Å². The second-order valence-electron chi connectivity index (χ2n) is 6.09. The topological polar surface area (TPSA) is 66.5 Å². The predicted molar refractivity (Wildman–Crippen MR) is 100 cm³/mol. The molecule has 0 aliphatic carbocycles. The van der Waals surface area contributed by atoms with Gasteiger partial charge in [0.05, 0.1) is 4.90 Å². The quantitative estimate of drug-likeness (QED) is 0.823. The van der Waals surface area contributed by atoms with E-state index in [1.165, 1.54) is 16.9 Å². The Morgan fingerprint density at radius 2 is 1.72 bits per heavy atom. The van der Waals surface area contributed by atoms with Crippen molar-refractivity contribution in [2.45, 2.75) is 31.6 Å². The molecule has 0 saturated carbocycles. The highest BCUT2D eigenvalue weighted by Gasteiger charge is 2.20. The van der Waals surface area contributed by atoms with Crippen LogP contribution in [0.25, 0.3) is 0 Å². The number of hydrogen-bond acceptors (Lipinski definition) is 3. The smallest absolute Gasteiger partial charge is 0.242 e. The van der Waals surface area contributed by atoms with Crippen molar-refractivity contribution in [1.29, 1.82) is 0 Å². The van der Waals surface area contributed by atoms with Crippen molar-refractivity contribution in [2.75, 3.05) is 18.9 Å². The number of carbonyl (C=O) groups excluding carboxylic acids is 1. The first kappa shape index (κ1) is 19.1. The molecule has 0 radical (unpaired) electrons. The van der Waals surface area contributed by atoms with Gasteiger partial charge in [-0.05, 0) is 55.7 Å². The molecule has 0 fully saturated rings. The van der Waals surface area contributed by atoms with E-state index in [4.69, 9.17) is 0 Å². The lowest BCUT2D eigenvalue weighted by atomic mass is 10.1. The number of anilines is 1. The van der Waals surface area contributed by atoms with Crippen LogP contribution < -0.4 is 5.32 Å². The molecule has 0 unspecified atom stereocenters. The summed E-state index contributed by atoms with van der Waals surface area (Å²) in [6.07, 6.45) is 0.723. The highest BCUT2D eigenvalue weighted by Crippen LogP contribution is 2.16. The molecule has 0 saturated heterocycles. The standard InChI is InChI=1S/C19H24N2O3S/c1-15-11-12-17(14-16(15)2)20-19(22)10-7-13-21(3)25(23,24)18-8-5-4-6-9-18/h4-6,8-9,11-12,14H,7,10,13H2,1-3H3,(H,20,22). The third-order valence-corrected chi connectivity index (χ3v) is 5.99. The molecule has 1 amide bonds. The average molecular weight is 360 g/mol. The Morgan fingerprint density at radius 3 is 2.36 bits per heavy atom. The summed E-state index contributed by atoms with van der Waals surface area (Å²) in [6.45, 7) is 4.30. The number of carbonyl (C=O) groups is 1. The Morgan fingerprint density at radius 1 is 1.04 bits per heavy atom. The van der Waals surface area contributed by atoms with E-state index in [1.54, 1.807) is 30.3 Å². The molecule has 25 heavy (non-hydrogen) atoms. The van der Waals surface area contributed by atoms with Crippen molar-refractivity contribution in [3.8, 4) is 0 Å². The first-order valence-corrected chi connectivity index (χ1v) is 9.63. The number of amides is 1. The Bertz CT molecular complexity index is 833. The van der Waals surface area contributed by atoms with E-state index in [9.17, 15) is 13.2 Å². The monoisotopic (exact) mass is 360 g/mol. The highest BCUT2D eigenvalue weighted by atomic mass is 32.2. The van der Waals surface area contributed by atoms with Crippen molar-refractivity contribution in [3.05, 3.63) is 59.7 Å². The Balaban J connectivity index is 1.85. The Hall–Kier alpha value is -2.18. The van der Waals surface area contributed by atoms with E-state index in [1.807, 2.05) is 32.0 Å². The molecule has 0 atom stereocenters. The zero-order chi connectivity index (χ0) is 18.4. The maximum absolute atomic E-state index is 12.4. The van der Waals surface area contributed by atoms with Crippen LogP contribution in [0.4, 0.5) is 5.69 Å². The number of hydrogen-bond donors (Lipinski definition) is 1. The second-order valence-corrected chi connectivity index (χ2v) is 8.14. The van der Waals surface area contributed by atoms with Gasteiger partial charge >= 0.3 is 0 Å². The molecule has 6 heteroatoms. The molecule has 2 rings (SSSR count). The van der Waals surface area contributed by atoms with Gasteiger partial charge < -0.3 is 5.32 Å². The van der Waals surface area contributed by atoms with Crippen LogP contribution in [0.5, 0.6) is 0 Å². The third kappa shape index (κ3) is 5.14. The van der Waals surface area contributed by atoms with E-state index in [0.29, 0.717) is 6.42 Å². The van der Waals surface area contributed by atoms with Crippen molar-refractivity contribution in [3.63, 3.8) is 0 Å². The van der Waals surface area contributed by atoms with Crippen LogP contribution in [0.1, 0.15) is 24.0 Å². The molecule has 1 N–H and O–H groups in total. The number of nitrogens with zero attached hydrogens (tertiary/aromatic N) is 1. The number of aryl methyl sites for hydroxylation is 2. The molecule has 2 aromatic carbocycles. The predicted octanol–water partition coefficient (Wildman–Crippen LogP) is 3.34. The highest BCUT2D eigenvalue weighted by molar-refractivity contribution is 7.89. The zero-order valence-corrected chi connectivity index (χ0v) is 15.6. The molecular formula is C19H24N2O3S. The van der Waals surface area contributed by atoms with Crippen molar-refractivity contribution < 1.29 is 13.2 Å². The van der Waals surface area contributed by atoms with Gasteiger partial charge in [0.2, 0.25) is 15.9 Å². The lowest BCUT2D eigenvalue weighted by Crippen LogP contribution is -2.28. The molecule has 134 valence electrons. The molecule has 0 aliphatic heterocycles. The molecule has 0 aliphatic rings. The summed E-state index contributed by atoms with van der Waals surface area (Å²) in [5.41, 5.74) is 3.05. The van der Waals surface area contributed by atoms with E-state index in [0.717, 1.165) is 11.3 Å². The van der Waals surface area contributed by atoms with Gasteiger partial charge in [0.25, 0.3) is 0 Å². The van der Waals surface area contributed by atoms with Crippen molar-refractivity contribution >= 4 is 21.6 Å². The van der Waals surface area contributed by atoms with Gasteiger partial charge in [-0.15, -0.1) is 0 Å². The fourth-order valence-corrected chi connectivity index (χ4v) is 3.63. The summed E-state index contributed by atoms with van der Waals surface area (Å²) in [5.74, 6) is -0.117. The summed E-state index contributed by atoms with van der Waals surface area (Å²) in [7, 11) is -1.97. The van der Waals surface area contributed by atoms with Crippen LogP contribution in [-0.4, -0.2) is 32.2 Å². The normalized spacial score (nSPS) is 11.5. The van der Waals surface area contributed by atoms with E-state index in [2.05, 4.69) is 5.32 Å². The second kappa shape index (κ2) is 8.27. The molecule has 5 nitrogen and oxygen atoms in total.